The van der Waals surface area contributed by atoms with Crippen molar-refractivity contribution in [3.63, 3.8) is 0 Å². The van der Waals surface area contributed by atoms with Gasteiger partial charge >= 0.3 is 0 Å². The van der Waals surface area contributed by atoms with Crippen LogP contribution in [0.5, 0.6) is 5.88 Å². The van der Waals surface area contributed by atoms with Crippen molar-refractivity contribution in [2.24, 2.45) is 0 Å². The Labute approximate surface area is 108 Å². The zero-order valence-electron chi connectivity index (χ0n) is 11.1. The van der Waals surface area contributed by atoms with Gasteiger partial charge in [-0.1, -0.05) is 0 Å². The highest BCUT2D eigenvalue weighted by molar-refractivity contribution is 5.41. The lowest BCUT2D eigenvalue weighted by Gasteiger charge is -2.08. The van der Waals surface area contributed by atoms with Crippen LogP contribution in [0, 0.1) is 0 Å². The maximum absolute atomic E-state index is 5.43. The van der Waals surface area contributed by atoms with Crippen molar-refractivity contribution in [1.82, 2.24) is 4.98 Å². The van der Waals surface area contributed by atoms with E-state index >= 15 is 0 Å². The summed E-state index contributed by atoms with van der Waals surface area (Å²) >= 11 is 0. The first-order valence-electron chi connectivity index (χ1n) is 6.26. The van der Waals surface area contributed by atoms with Crippen LogP contribution in [0.25, 0.3) is 0 Å². The lowest BCUT2D eigenvalue weighted by molar-refractivity contribution is 0.109. The van der Waals surface area contributed by atoms with Crippen molar-refractivity contribution in [1.29, 1.82) is 0 Å². The quantitative estimate of drug-likeness (QED) is 0.647. The number of nitrogens with zero attached hydrogens (tertiary/aromatic N) is 1. The lowest BCUT2D eigenvalue weighted by atomic mass is 10.4. The van der Waals surface area contributed by atoms with Crippen LogP contribution in [0.15, 0.2) is 18.3 Å². The molecule has 0 amide bonds. The van der Waals surface area contributed by atoms with Gasteiger partial charge in [0.15, 0.2) is 0 Å². The molecule has 102 valence electrons. The van der Waals surface area contributed by atoms with E-state index in [1.165, 1.54) is 0 Å². The topological polar surface area (TPSA) is 52.6 Å². The number of anilines is 1. The number of ether oxygens (including phenoxy) is 3. The first-order valence-corrected chi connectivity index (χ1v) is 6.26. The Bertz CT molecular complexity index is 304. The Morgan fingerprint density at radius 1 is 1.22 bits per heavy atom. The van der Waals surface area contributed by atoms with Crippen LogP contribution in [0.2, 0.25) is 0 Å². The molecule has 1 rings (SSSR count). The molecule has 0 spiro atoms. The molecule has 1 N–H and O–H groups in total. The van der Waals surface area contributed by atoms with Crippen LogP contribution in [0.3, 0.4) is 0 Å². The molecule has 18 heavy (non-hydrogen) atoms. The smallest absolute Gasteiger partial charge is 0.213 e. The maximum atomic E-state index is 5.43. The zero-order valence-corrected chi connectivity index (χ0v) is 11.1. The highest BCUT2D eigenvalue weighted by Crippen LogP contribution is 2.10. The highest BCUT2D eigenvalue weighted by atomic mass is 16.5. The molecule has 0 atom stereocenters. The van der Waals surface area contributed by atoms with Gasteiger partial charge in [0.05, 0.1) is 25.1 Å². The molecule has 1 aromatic heterocycles. The summed E-state index contributed by atoms with van der Waals surface area (Å²) in [6, 6.07) is 3.80. The van der Waals surface area contributed by atoms with Crippen LogP contribution >= 0.6 is 0 Å². The summed E-state index contributed by atoms with van der Waals surface area (Å²) in [4.78, 5) is 4.17. The molecule has 0 fully saturated rings. The molecule has 0 saturated carbocycles. The van der Waals surface area contributed by atoms with Crippen LogP contribution in [-0.2, 0) is 9.47 Å². The Morgan fingerprint density at radius 3 is 2.78 bits per heavy atom. The van der Waals surface area contributed by atoms with Crippen molar-refractivity contribution in [3.05, 3.63) is 18.3 Å². The summed E-state index contributed by atoms with van der Waals surface area (Å²) in [5.41, 5.74) is 0.971. The van der Waals surface area contributed by atoms with Gasteiger partial charge in [0.25, 0.3) is 0 Å². The molecule has 0 radical (unpaired) electrons. The van der Waals surface area contributed by atoms with Crippen LogP contribution in [0.4, 0.5) is 5.69 Å². The number of nitrogens with one attached hydrogen (secondary N) is 1. The first kappa shape index (κ1) is 14.7. The van der Waals surface area contributed by atoms with E-state index in [0.29, 0.717) is 19.1 Å². The monoisotopic (exact) mass is 254 g/mol. The summed E-state index contributed by atoms with van der Waals surface area (Å²) in [7, 11) is 1.69. The number of methoxy groups -OCH3 is 1. The molecule has 5 nitrogen and oxygen atoms in total. The minimum Gasteiger partial charge on any atom is -0.478 e. The molecule has 1 heterocycles. The van der Waals surface area contributed by atoms with Crippen molar-refractivity contribution >= 4 is 5.69 Å². The van der Waals surface area contributed by atoms with Crippen LogP contribution in [0.1, 0.15) is 13.3 Å². The molecule has 0 bridgehead atoms. The van der Waals surface area contributed by atoms with E-state index in [1.807, 2.05) is 19.1 Å². The van der Waals surface area contributed by atoms with Gasteiger partial charge in [-0.3, -0.25) is 0 Å². The molecule has 0 aromatic carbocycles. The molecule has 5 heteroatoms. The van der Waals surface area contributed by atoms with Crippen molar-refractivity contribution in [3.8, 4) is 5.88 Å². The van der Waals surface area contributed by atoms with Crippen LogP contribution in [-0.4, -0.2) is 45.1 Å². The van der Waals surface area contributed by atoms with Gasteiger partial charge in [-0.05, 0) is 19.4 Å². The predicted octanol–water partition coefficient (Wildman–Crippen LogP) is 1.95. The van der Waals surface area contributed by atoms with E-state index in [-0.39, 0.29) is 0 Å². The average molecular weight is 254 g/mol. The molecule has 0 aliphatic carbocycles. The lowest BCUT2D eigenvalue weighted by Crippen LogP contribution is -2.11. The van der Waals surface area contributed by atoms with Gasteiger partial charge in [0.1, 0.15) is 0 Å². The molecule has 0 saturated heterocycles. The van der Waals surface area contributed by atoms with E-state index < -0.39 is 0 Å². The molecule has 0 unspecified atom stereocenters. The van der Waals surface area contributed by atoms with Gasteiger partial charge in [-0.15, -0.1) is 0 Å². The number of hydrogen-bond donors (Lipinski definition) is 1. The van der Waals surface area contributed by atoms with Gasteiger partial charge in [-0.2, -0.15) is 0 Å². The maximum Gasteiger partial charge on any atom is 0.213 e. The van der Waals surface area contributed by atoms with Gasteiger partial charge in [-0.25, -0.2) is 4.98 Å². The number of hydrogen-bond acceptors (Lipinski definition) is 5. The second kappa shape index (κ2) is 9.67. The van der Waals surface area contributed by atoms with Gasteiger partial charge in [0, 0.05) is 32.9 Å². The Kier molecular flexibility index (Phi) is 7.92. The number of pyridine rings is 1. The fourth-order valence-electron chi connectivity index (χ4n) is 1.39. The Morgan fingerprint density at radius 2 is 2.11 bits per heavy atom. The third kappa shape index (κ3) is 6.42. The van der Waals surface area contributed by atoms with E-state index in [1.54, 1.807) is 13.3 Å². The summed E-state index contributed by atoms with van der Waals surface area (Å²) < 4.78 is 15.6. The average Bonchev–Trinajstić information content (AvgIpc) is 2.40. The minimum absolute atomic E-state index is 0.634. The largest absolute Gasteiger partial charge is 0.478 e. The summed E-state index contributed by atoms with van der Waals surface area (Å²) in [5.74, 6) is 0.652. The van der Waals surface area contributed by atoms with E-state index in [0.717, 1.165) is 31.9 Å². The van der Waals surface area contributed by atoms with Crippen molar-refractivity contribution < 1.29 is 14.2 Å². The van der Waals surface area contributed by atoms with Crippen molar-refractivity contribution in [2.75, 3.05) is 45.4 Å². The minimum atomic E-state index is 0.634. The number of aromatic nitrogens is 1. The molecule has 0 aliphatic rings. The van der Waals surface area contributed by atoms with E-state index in [2.05, 4.69) is 10.3 Å². The summed E-state index contributed by atoms with van der Waals surface area (Å²) in [6.07, 6.45) is 2.69. The van der Waals surface area contributed by atoms with E-state index in [9.17, 15) is 0 Å². The summed E-state index contributed by atoms with van der Waals surface area (Å²) in [5, 5.41) is 3.23. The van der Waals surface area contributed by atoms with Gasteiger partial charge in [0.2, 0.25) is 5.88 Å². The molecular weight excluding hydrogens is 232 g/mol. The molecule has 1 aromatic rings. The standard InChI is InChI=1S/C13H22N2O3/c1-3-18-13-6-5-12(11-15-13)14-7-10-17-9-4-8-16-2/h5-6,11,14H,3-4,7-10H2,1-2H3. The second-order valence-corrected chi connectivity index (χ2v) is 3.70. The normalized spacial score (nSPS) is 10.3. The first-order chi connectivity index (χ1) is 8.86. The third-order valence-corrected chi connectivity index (χ3v) is 2.24. The highest BCUT2D eigenvalue weighted by Gasteiger charge is 1.95. The fraction of sp³-hybridized carbons (Fsp3) is 0.615. The van der Waals surface area contributed by atoms with Crippen molar-refractivity contribution in [2.45, 2.75) is 13.3 Å². The molecular formula is C13H22N2O3. The Balaban J connectivity index is 2.08. The van der Waals surface area contributed by atoms with Crippen LogP contribution < -0.4 is 10.1 Å². The third-order valence-electron chi connectivity index (χ3n) is 2.24. The van der Waals surface area contributed by atoms with Gasteiger partial charge < -0.3 is 19.5 Å². The predicted molar refractivity (Wildman–Crippen MR) is 71.2 cm³/mol. The second-order valence-electron chi connectivity index (χ2n) is 3.70. The Hall–Kier alpha value is -1.33. The summed E-state index contributed by atoms with van der Waals surface area (Å²) in [6.45, 7) is 5.50. The fourth-order valence-corrected chi connectivity index (χ4v) is 1.39. The number of rotatable bonds is 10. The molecule has 0 aliphatic heterocycles. The SMILES string of the molecule is CCOc1ccc(NCCOCCCOC)cn1. The van der Waals surface area contributed by atoms with E-state index in [4.69, 9.17) is 14.2 Å². The zero-order chi connectivity index (χ0) is 13.1.